The van der Waals surface area contributed by atoms with Crippen molar-refractivity contribution in [2.45, 2.75) is 4.90 Å². The van der Waals surface area contributed by atoms with Crippen LogP contribution < -0.4 is 10.6 Å². The Balaban J connectivity index is 1.63. The third-order valence-corrected chi connectivity index (χ3v) is 6.18. The minimum Gasteiger partial charge on any atom is -0.379 e. The van der Waals surface area contributed by atoms with E-state index in [0.29, 0.717) is 32.0 Å². The molecule has 2 aromatic carbocycles. The zero-order chi connectivity index (χ0) is 20.1. The number of benzene rings is 2. The molecule has 1 aliphatic rings. The van der Waals surface area contributed by atoms with Crippen molar-refractivity contribution in [2.75, 3.05) is 31.6 Å². The second-order valence-electron chi connectivity index (χ2n) is 5.93. The van der Waals surface area contributed by atoms with E-state index in [1.54, 1.807) is 6.07 Å². The largest absolute Gasteiger partial charge is 0.379 e. The molecule has 2 aromatic rings. The quantitative estimate of drug-likeness (QED) is 0.732. The smallest absolute Gasteiger partial charge is 0.260 e. The van der Waals surface area contributed by atoms with E-state index in [1.165, 1.54) is 46.8 Å². The summed E-state index contributed by atoms with van der Waals surface area (Å²) in [5, 5.41) is 5.12. The number of nitrogens with one attached hydrogen (secondary N) is 2. The van der Waals surface area contributed by atoms with Crippen molar-refractivity contribution in [1.82, 2.24) is 9.62 Å². The van der Waals surface area contributed by atoms with Gasteiger partial charge in [-0.3, -0.25) is 10.1 Å². The summed E-state index contributed by atoms with van der Waals surface area (Å²) in [6.45, 7) is 1.37. The molecule has 148 valence electrons. The molecule has 1 aliphatic heterocycles. The van der Waals surface area contributed by atoms with Crippen molar-refractivity contribution >= 4 is 38.9 Å². The van der Waals surface area contributed by atoms with Gasteiger partial charge in [-0.2, -0.15) is 4.31 Å². The summed E-state index contributed by atoms with van der Waals surface area (Å²) in [7, 11) is -3.59. The van der Waals surface area contributed by atoms with Gasteiger partial charge in [-0.1, -0.05) is 12.1 Å². The summed E-state index contributed by atoms with van der Waals surface area (Å²) in [5.74, 6) is -1.33. The lowest BCUT2D eigenvalue weighted by molar-refractivity contribution is 0.0730. The second kappa shape index (κ2) is 8.74. The molecule has 10 heteroatoms. The molecule has 0 aromatic heterocycles. The van der Waals surface area contributed by atoms with Crippen LogP contribution >= 0.6 is 12.2 Å². The number of nitrogens with zero attached hydrogens (tertiary/aromatic N) is 1. The number of hydrogen-bond donors (Lipinski definition) is 2. The second-order valence-corrected chi connectivity index (χ2v) is 8.28. The fourth-order valence-corrected chi connectivity index (χ4v) is 4.24. The maximum atomic E-state index is 13.6. The van der Waals surface area contributed by atoms with E-state index in [-0.39, 0.29) is 15.6 Å². The summed E-state index contributed by atoms with van der Waals surface area (Å²) in [6, 6.07) is 11.5. The molecular weight excluding hydrogens is 405 g/mol. The zero-order valence-corrected chi connectivity index (χ0v) is 16.4. The Kier molecular flexibility index (Phi) is 6.35. The number of rotatable bonds is 4. The number of amides is 1. The van der Waals surface area contributed by atoms with E-state index in [4.69, 9.17) is 17.0 Å². The Morgan fingerprint density at radius 1 is 1.07 bits per heavy atom. The SMILES string of the molecule is O=C(NC(=S)Nc1ccc(S(=O)(=O)N2CCOCC2)cc1)c1ccccc1F. The van der Waals surface area contributed by atoms with Crippen LogP contribution in [0.25, 0.3) is 0 Å². The maximum Gasteiger partial charge on any atom is 0.260 e. The van der Waals surface area contributed by atoms with E-state index < -0.39 is 21.7 Å². The first kappa shape index (κ1) is 20.3. The molecule has 7 nitrogen and oxygen atoms in total. The summed E-state index contributed by atoms with van der Waals surface area (Å²) in [5.41, 5.74) is 0.360. The number of halogens is 1. The minimum atomic E-state index is -3.59. The molecule has 1 fully saturated rings. The van der Waals surface area contributed by atoms with E-state index >= 15 is 0 Å². The minimum absolute atomic E-state index is 0.0305. The van der Waals surface area contributed by atoms with Crippen LogP contribution in [0.5, 0.6) is 0 Å². The van der Waals surface area contributed by atoms with Crippen LogP contribution in [0.4, 0.5) is 10.1 Å². The average molecular weight is 423 g/mol. The predicted octanol–water partition coefficient (Wildman–Crippen LogP) is 1.97. The standard InChI is InChI=1S/C18H18FN3O4S2/c19-16-4-2-1-3-15(16)17(23)21-18(27)20-13-5-7-14(8-6-13)28(24,25)22-9-11-26-12-10-22/h1-8H,9-12H2,(H2,20,21,23,27). The number of thiocarbonyl (C=S) groups is 1. The molecule has 0 saturated carbocycles. The van der Waals surface area contributed by atoms with Gasteiger partial charge in [0.05, 0.1) is 23.7 Å². The highest BCUT2D eigenvalue weighted by atomic mass is 32.2. The van der Waals surface area contributed by atoms with Crippen molar-refractivity contribution in [3.63, 3.8) is 0 Å². The average Bonchev–Trinajstić information content (AvgIpc) is 2.69. The van der Waals surface area contributed by atoms with E-state index in [1.807, 2.05) is 0 Å². The topological polar surface area (TPSA) is 87.7 Å². The number of sulfonamides is 1. The van der Waals surface area contributed by atoms with Gasteiger partial charge in [0.25, 0.3) is 5.91 Å². The number of carbonyl (C=O) groups excluding carboxylic acids is 1. The third-order valence-electron chi connectivity index (χ3n) is 4.07. The number of anilines is 1. The molecule has 0 bridgehead atoms. The van der Waals surface area contributed by atoms with Gasteiger partial charge in [0, 0.05) is 18.8 Å². The normalized spacial score (nSPS) is 15.0. The van der Waals surface area contributed by atoms with Crippen molar-refractivity contribution in [3.8, 4) is 0 Å². The molecule has 2 N–H and O–H groups in total. The summed E-state index contributed by atoms with van der Waals surface area (Å²) in [6.07, 6.45) is 0. The van der Waals surface area contributed by atoms with Gasteiger partial charge in [-0.05, 0) is 48.6 Å². The third kappa shape index (κ3) is 4.71. The highest BCUT2D eigenvalue weighted by Gasteiger charge is 2.26. The lowest BCUT2D eigenvalue weighted by atomic mass is 10.2. The Hall–Kier alpha value is -2.40. The Morgan fingerprint density at radius 3 is 2.36 bits per heavy atom. The number of carbonyl (C=O) groups is 1. The van der Waals surface area contributed by atoms with Gasteiger partial charge >= 0.3 is 0 Å². The van der Waals surface area contributed by atoms with Crippen LogP contribution in [0, 0.1) is 5.82 Å². The van der Waals surface area contributed by atoms with Crippen molar-refractivity contribution in [2.24, 2.45) is 0 Å². The van der Waals surface area contributed by atoms with Crippen molar-refractivity contribution in [3.05, 3.63) is 59.9 Å². The van der Waals surface area contributed by atoms with Gasteiger partial charge in [0.1, 0.15) is 5.82 Å². The van der Waals surface area contributed by atoms with E-state index in [9.17, 15) is 17.6 Å². The Bertz CT molecular complexity index is 975. The highest BCUT2D eigenvalue weighted by Crippen LogP contribution is 2.19. The molecule has 28 heavy (non-hydrogen) atoms. The van der Waals surface area contributed by atoms with Gasteiger partial charge in [-0.15, -0.1) is 0 Å². The molecule has 0 radical (unpaired) electrons. The van der Waals surface area contributed by atoms with Gasteiger partial charge < -0.3 is 10.1 Å². The molecule has 0 atom stereocenters. The predicted molar refractivity (Wildman–Crippen MR) is 106 cm³/mol. The fourth-order valence-electron chi connectivity index (χ4n) is 2.62. The first-order valence-corrected chi connectivity index (χ1v) is 10.3. The van der Waals surface area contributed by atoms with Crippen molar-refractivity contribution in [1.29, 1.82) is 0 Å². The first-order valence-electron chi connectivity index (χ1n) is 8.43. The van der Waals surface area contributed by atoms with Crippen molar-refractivity contribution < 1.29 is 22.3 Å². The zero-order valence-electron chi connectivity index (χ0n) is 14.7. The molecule has 0 unspecified atom stereocenters. The van der Waals surface area contributed by atoms with E-state index in [2.05, 4.69) is 10.6 Å². The van der Waals surface area contributed by atoms with Crippen LogP contribution in [0.15, 0.2) is 53.4 Å². The van der Waals surface area contributed by atoms with Gasteiger partial charge in [0.2, 0.25) is 10.0 Å². The number of morpholine rings is 1. The van der Waals surface area contributed by atoms with Gasteiger partial charge in [-0.25, -0.2) is 12.8 Å². The molecular formula is C18H18FN3O4S2. The van der Waals surface area contributed by atoms with Crippen LogP contribution in [-0.2, 0) is 14.8 Å². The maximum absolute atomic E-state index is 13.6. The molecule has 1 saturated heterocycles. The Morgan fingerprint density at radius 2 is 1.71 bits per heavy atom. The summed E-state index contributed by atoms with van der Waals surface area (Å²) < 4.78 is 45.4. The van der Waals surface area contributed by atoms with Crippen LogP contribution in [0.2, 0.25) is 0 Å². The number of ether oxygens (including phenoxy) is 1. The summed E-state index contributed by atoms with van der Waals surface area (Å²) in [4.78, 5) is 12.2. The Labute approximate surface area is 167 Å². The molecule has 0 aliphatic carbocycles. The van der Waals surface area contributed by atoms with Crippen LogP contribution in [-0.4, -0.2) is 50.0 Å². The molecule has 1 heterocycles. The molecule has 3 rings (SSSR count). The monoisotopic (exact) mass is 423 g/mol. The molecule has 1 amide bonds. The lowest BCUT2D eigenvalue weighted by Gasteiger charge is -2.26. The van der Waals surface area contributed by atoms with E-state index in [0.717, 1.165) is 0 Å². The first-order chi connectivity index (χ1) is 13.4. The highest BCUT2D eigenvalue weighted by molar-refractivity contribution is 7.89. The summed E-state index contributed by atoms with van der Waals surface area (Å²) >= 11 is 5.06. The fraction of sp³-hybridized carbons (Fsp3) is 0.222. The van der Waals surface area contributed by atoms with Crippen LogP contribution in [0.1, 0.15) is 10.4 Å². The lowest BCUT2D eigenvalue weighted by Crippen LogP contribution is -2.40. The van der Waals surface area contributed by atoms with Gasteiger partial charge in [0.15, 0.2) is 5.11 Å². The molecule has 0 spiro atoms. The van der Waals surface area contributed by atoms with Crippen LogP contribution in [0.3, 0.4) is 0 Å². The number of hydrogen-bond acceptors (Lipinski definition) is 5.